The summed E-state index contributed by atoms with van der Waals surface area (Å²) < 4.78 is 1.96. The Morgan fingerprint density at radius 3 is 3.27 bits per heavy atom. The minimum absolute atomic E-state index is 0.531. The molecule has 1 aliphatic heterocycles. The lowest BCUT2D eigenvalue weighted by Crippen LogP contribution is -2.12. The van der Waals surface area contributed by atoms with Gasteiger partial charge in [-0.3, -0.25) is 4.57 Å². The molecule has 0 atom stereocenters. The van der Waals surface area contributed by atoms with Gasteiger partial charge in [-0.15, -0.1) is 10.2 Å². The topological polar surface area (TPSA) is 68.8 Å². The summed E-state index contributed by atoms with van der Waals surface area (Å²) in [6.07, 6.45) is 1.09. The second kappa shape index (κ2) is 2.50. The summed E-state index contributed by atoms with van der Waals surface area (Å²) in [5.74, 6) is 1.48. The maximum Gasteiger partial charge on any atom is 0.222 e. The van der Waals surface area contributed by atoms with Crippen LogP contribution in [0.1, 0.15) is 12.2 Å². The number of hydrogen-bond donors (Lipinski definition) is 2. The highest BCUT2D eigenvalue weighted by molar-refractivity contribution is 5.17. The number of rotatable bonds is 0. The van der Waals surface area contributed by atoms with E-state index in [-0.39, 0.29) is 0 Å². The molecule has 1 aliphatic rings. The number of nitrogens with zero attached hydrogens (tertiary/aromatic N) is 3. The van der Waals surface area contributed by atoms with Crippen molar-refractivity contribution in [3.05, 3.63) is 5.82 Å². The van der Waals surface area contributed by atoms with Gasteiger partial charge in [-0.2, -0.15) is 0 Å². The van der Waals surface area contributed by atoms with Crippen LogP contribution in [0.2, 0.25) is 0 Å². The van der Waals surface area contributed by atoms with Crippen molar-refractivity contribution in [2.75, 3.05) is 12.3 Å². The Labute approximate surface area is 64.6 Å². The summed E-state index contributed by atoms with van der Waals surface area (Å²) in [5, 5.41) is 11.0. The lowest BCUT2D eigenvalue weighted by atomic mass is 10.4. The van der Waals surface area contributed by atoms with Gasteiger partial charge in [-0.05, 0) is 13.0 Å². The van der Waals surface area contributed by atoms with Crippen LogP contribution in [-0.4, -0.2) is 21.3 Å². The summed E-state index contributed by atoms with van der Waals surface area (Å²) in [7, 11) is 0. The van der Waals surface area contributed by atoms with E-state index in [0.29, 0.717) is 5.95 Å². The van der Waals surface area contributed by atoms with E-state index in [4.69, 9.17) is 5.73 Å². The molecule has 11 heavy (non-hydrogen) atoms. The first-order valence-electron chi connectivity index (χ1n) is 3.76. The van der Waals surface area contributed by atoms with Crippen molar-refractivity contribution >= 4 is 5.95 Å². The third kappa shape index (κ3) is 1.07. The Kier molecular flexibility index (Phi) is 1.50. The first kappa shape index (κ1) is 6.60. The fourth-order valence-corrected chi connectivity index (χ4v) is 1.29. The zero-order valence-corrected chi connectivity index (χ0v) is 6.25. The van der Waals surface area contributed by atoms with Gasteiger partial charge >= 0.3 is 0 Å². The Morgan fingerprint density at radius 2 is 2.36 bits per heavy atom. The van der Waals surface area contributed by atoms with Crippen molar-refractivity contribution in [3.63, 3.8) is 0 Å². The molecule has 60 valence electrons. The van der Waals surface area contributed by atoms with Crippen LogP contribution < -0.4 is 11.1 Å². The van der Waals surface area contributed by atoms with Crippen LogP contribution in [0, 0.1) is 0 Å². The van der Waals surface area contributed by atoms with Crippen LogP contribution in [-0.2, 0) is 13.1 Å². The molecule has 5 nitrogen and oxygen atoms in total. The zero-order valence-electron chi connectivity index (χ0n) is 6.25. The van der Waals surface area contributed by atoms with E-state index >= 15 is 0 Å². The van der Waals surface area contributed by atoms with Gasteiger partial charge in [0.15, 0.2) is 0 Å². The molecule has 0 radical (unpaired) electrons. The number of nitrogen functional groups attached to an aromatic ring is 1. The third-order valence-corrected chi connectivity index (χ3v) is 1.87. The summed E-state index contributed by atoms with van der Waals surface area (Å²) in [6, 6.07) is 0. The maximum absolute atomic E-state index is 5.59. The molecule has 2 rings (SSSR count). The molecule has 0 unspecified atom stereocenters. The number of nitrogens with one attached hydrogen (secondary N) is 1. The van der Waals surface area contributed by atoms with Crippen LogP contribution in [0.4, 0.5) is 5.95 Å². The molecule has 0 saturated carbocycles. The molecule has 0 spiro atoms. The zero-order chi connectivity index (χ0) is 7.68. The van der Waals surface area contributed by atoms with Crippen LogP contribution in [0.15, 0.2) is 0 Å². The Balaban J connectivity index is 2.35. The van der Waals surface area contributed by atoms with Gasteiger partial charge in [0.1, 0.15) is 5.82 Å². The lowest BCUT2D eigenvalue weighted by Gasteiger charge is -2.00. The van der Waals surface area contributed by atoms with Crippen LogP contribution >= 0.6 is 0 Å². The van der Waals surface area contributed by atoms with Gasteiger partial charge < -0.3 is 11.1 Å². The number of aromatic nitrogens is 3. The maximum atomic E-state index is 5.59. The molecule has 2 heterocycles. The fourth-order valence-electron chi connectivity index (χ4n) is 1.29. The molecular weight excluding hydrogens is 142 g/mol. The van der Waals surface area contributed by atoms with Crippen molar-refractivity contribution in [2.45, 2.75) is 19.5 Å². The van der Waals surface area contributed by atoms with Crippen LogP contribution in [0.3, 0.4) is 0 Å². The molecule has 0 aliphatic carbocycles. The Bertz CT molecular complexity index is 253. The van der Waals surface area contributed by atoms with E-state index in [9.17, 15) is 0 Å². The highest BCUT2D eigenvalue weighted by Gasteiger charge is 2.10. The Morgan fingerprint density at radius 1 is 1.45 bits per heavy atom. The fraction of sp³-hybridized carbons (Fsp3) is 0.667. The molecule has 5 heteroatoms. The summed E-state index contributed by atoms with van der Waals surface area (Å²) >= 11 is 0. The first-order chi connectivity index (χ1) is 5.38. The predicted molar refractivity (Wildman–Crippen MR) is 40.8 cm³/mol. The van der Waals surface area contributed by atoms with Crippen molar-refractivity contribution in [1.29, 1.82) is 0 Å². The van der Waals surface area contributed by atoms with E-state index in [1.54, 1.807) is 0 Å². The second-order valence-corrected chi connectivity index (χ2v) is 2.66. The molecule has 0 fully saturated rings. The monoisotopic (exact) mass is 153 g/mol. The molecule has 0 bridgehead atoms. The number of nitrogens with two attached hydrogens (primary N) is 1. The SMILES string of the molecule is Nc1nnc2n1CCCNC2. The number of hydrogen-bond acceptors (Lipinski definition) is 4. The van der Waals surface area contributed by atoms with Gasteiger partial charge in [0.05, 0.1) is 6.54 Å². The summed E-state index contributed by atoms with van der Waals surface area (Å²) in [6.45, 7) is 2.74. The number of anilines is 1. The lowest BCUT2D eigenvalue weighted by molar-refractivity contribution is 0.645. The molecule has 3 N–H and O–H groups in total. The van der Waals surface area contributed by atoms with Gasteiger partial charge in [0.25, 0.3) is 0 Å². The van der Waals surface area contributed by atoms with Crippen LogP contribution in [0.25, 0.3) is 0 Å². The average Bonchev–Trinajstić information content (AvgIpc) is 2.25. The summed E-state index contributed by atoms with van der Waals surface area (Å²) in [4.78, 5) is 0. The van der Waals surface area contributed by atoms with Crippen molar-refractivity contribution < 1.29 is 0 Å². The van der Waals surface area contributed by atoms with E-state index in [0.717, 1.165) is 31.9 Å². The molecule has 0 amide bonds. The normalized spacial score (nSPS) is 17.5. The van der Waals surface area contributed by atoms with E-state index in [2.05, 4.69) is 15.5 Å². The van der Waals surface area contributed by atoms with Gasteiger partial charge in [-0.25, -0.2) is 0 Å². The van der Waals surface area contributed by atoms with Gasteiger partial charge in [-0.1, -0.05) is 0 Å². The number of fused-ring (bicyclic) bond motifs is 1. The van der Waals surface area contributed by atoms with Crippen molar-refractivity contribution in [3.8, 4) is 0 Å². The van der Waals surface area contributed by atoms with Crippen molar-refractivity contribution in [2.24, 2.45) is 0 Å². The highest BCUT2D eigenvalue weighted by atomic mass is 15.3. The minimum atomic E-state index is 0.531. The molecular formula is C6H11N5. The second-order valence-electron chi connectivity index (χ2n) is 2.66. The predicted octanol–water partition coefficient (Wildman–Crippen LogP) is -0.646. The van der Waals surface area contributed by atoms with E-state index in [1.165, 1.54) is 0 Å². The highest BCUT2D eigenvalue weighted by Crippen LogP contribution is 2.06. The van der Waals surface area contributed by atoms with Gasteiger partial charge in [0, 0.05) is 6.54 Å². The third-order valence-electron chi connectivity index (χ3n) is 1.87. The molecule has 0 aromatic carbocycles. The molecule has 1 aromatic rings. The van der Waals surface area contributed by atoms with Crippen LogP contribution in [0.5, 0.6) is 0 Å². The summed E-state index contributed by atoms with van der Waals surface area (Å²) in [5.41, 5.74) is 5.59. The minimum Gasteiger partial charge on any atom is -0.368 e. The largest absolute Gasteiger partial charge is 0.368 e. The Hall–Kier alpha value is -1.10. The first-order valence-corrected chi connectivity index (χ1v) is 3.76. The van der Waals surface area contributed by atoms with E-state index in [1.807, 2.05) is 4.57 Å². The molecule has 0 saturated heterocycles. The standard InChI is InChI=1S/C6H11N5/c7-6-10-9-5-4-8-2-1-3-11(5)6/h8H,1-4H2,(H2,7,10). The smallest absolute Gasteiger partial charge is 0.222 e. The van der Waals surface area contributed by atoms with E-state index < -0.39 is 0 Å². The average molecular weight is 153 g/mol. The molecule has 1 aromatic heterocycles. The van der Waals surface area contributed by atoms with Crippen molar-refractivity contribution in [1.82, 2.24) is 20.1 Å². The quantitative estimate of drug-likeness (QED) is 0.520. The van der Waals surface area contributed by atoms with Gasteiger partial charge in [0.2, 0.25) is 5.95 Å².